The van der Waals surface area contributed by atoms with Crippen LogP contribution in [-0.2, 0) is 11.3 Å². The van der Waals surface area contributed by atoms with Gasteiger partial charge in [-0.15, -0.1) is 0 Å². The molecule has 0 unspecified atom stereocenters. The number of methoxy groups -OCH3 is 1. The molecule has 1 N–H and O–H groups in total. The molecule has 1 aliphatic heterocycles. The molecule has 3 atom stereocenters. The van der Waals surface area contributed by atoms with Crippen LogP contribution in [0.3, 0.4) is 0 Å². The van der Waals surface area contributed by atoms with E-state index < -0.39 is 5.97 Å². The maximum absolute atomic E-state index is 12.2. The monoisotopic (exact) mass is 516 g/mol. The van der Waals surface area contributed by atoms with Crippen molar-refractivity contribution in [2.45, 2.75) is 45.4 Å². The van der Waals surface area contributed by atoms with Crippen LogP contribution in [0.25, 0.3) is 0 Å². The van der Waals surface area contributed by atoms with Crippen LogP contribution < -0.4 is 9.47 Å². The number of carbonyl (C=O) groups excluding carboxylic acids is 1. The first-order valence-corrected chi connectivity index (χ1v) is 12.9. The van der Waals surface area contributed by atoms with Gasteiger partial charge in [0.15, 0.2) is 12.4 Å². The quantitative estimate of drug-likeness (QED) is 0.378. The molecule has 7 nitrogen and oxygen atoms in total. The number of carboxylic acid groups (broad SMARTS) is 1. The molecule has 0 aromatic heterocycles. The fourth-order valence-electron chi connectivity index (χ4n) is 5.23. The van der Waals surface area contributed by atoms with Gasteiger partial charge < -0.3 is 14.6 Å². The highest BCUT2D eigenvalue weighted by Crippen LogP contribution is 2.35. The van der Waals surface area contributed by atoms with Gasteiger partial charge in [-0.25, -0.2) is 4.79 Å². The Hall–Kier alpha value is -3.68. The van der Waals surface area contributed by atoms with Crippen LogP contribution in [-0.4, -0.2) is 65.5 Å². The number of nitrogens with zero attached hydrogens (tertiary/aromatic N) is 2. The summed E-state index contributed by atoms with van der Waals surface area (Å²) >= 11 is 0. The van der Waals surface area contributed by atoms with Gasteiger partial charge >= 0.3 is 5.97 Å². The van der Waals surface area contributed by atoms with E-state index in [0.29, 0.717) is 11.3 Å². The smallest absolute Gasteiger partial charge is 0.341 e. The van der Waals surface area contributed by atoms with Crippen LogP contribution in [0.2, 0.25) is 0 Å². The molecule has 1 heterocycles. The van der Waals surface area contributed by atoms with Gasteiger partial charge in [0.05, 0.1) is 13.2 Å². The molecule has 3 aromatic rings. The summed E-state index contributed by atoms with van der Waals surface area (Å²) in [5.74, 6) is 0.428. The van der Waals surface area contributed by atoms with Crippen LogP contribution >= 0.6 is 0 Å². The predicted octanol–water partition coefficient (Wildman–Crippen LogP) is 5.05. The molecule has 0 spiro atoms. The zero-order chi connectivity index (χ0) is 27.2. The van der Waals surface area contributed by atoms with Crippen molar-refractivity contribution in [3.63, 3.8) is 0 Å². The number of ether oxygens (including phenoxy) is 2. The zero-order valence-electron chi connectivity index (χ0n) is 22.5. The number of hydrogen-bond acceptors (Lipinski definition) is 6. The number of carbonyl (C=O) groups is 2. The molecular weight excluding hydrogens is 480 g/mol. The fourth-order valence-corrected chi connectivity index (χ4v) is 5.23. The lowest BCUT2D eigenvalue weighted by Crippen LogP contribution is -2.56. The fraction of sp³-hybridized carbons (Fsp3) is 0.355. The highest BCUT2D eigenvalue weighted by molar-refractivity contribution is 5.94. The van der Waals surface area contributed by atoms with Crippen molar-refractivity contribution in [1.82, 2.24) is 9.80 Å². The van der Waals surface area contributed by atoms with Crippen molar-refractivity contribution in [3.05, 3.63) is 95.1 Å². The Morgan fingerprint density at radius 2 is 1.61 bits per heavy atom. The van der Waals surface area contributed by atoms with Crippen molar-refractivity contribution in [3.8, 4) is 11.5 Å². The second-order valence-corrected chi connectivity index (χ2v) is 10.0. The third-order valence-corrected chi connectivity index (χ3v) is 7.16. The Morgan fingerprint density at radius 3 is 2.32 bits per heavy atom. The van der Waals surface area contributed by atoms with E-state index in [-0.39, 0.29) is 30.5 Å². The topological polar surface area (TPSA) is 79.3 Å². The highest BCUT2D eigenvalue weighted by Gasteiger charge is 2.35. The van der Waals surface area contributed by atoms with Crippen molar-refractivity contribution in [1.29, 1.82) is 0 Å². The van der Waals surface area contributed by atoms with Gasteiger partial charge in [-0.1, -0.05) is 42.5 Å². The standard InChI is InChI=1S/C31H36N2O5/c1-21-18-33(22(2)17-32(21)19-24-8-5-13-29(14-24)38-20-30(35)36)31(27-11-7-12-28(16-27)37-4)26-10-6-9-25(15-26)23(3)34/h5-16,21-22,31H,17-20H2,1-4H3,(H,35,36)/t21-,22+,31-/m1/s1. The van der Waals surface area contributed by atoms with Crippen molar-refractivity contribution < 1.29 is 24.2 Å². The minimum Gasteiger partial charge on any atom is -0.497 e. The third-order valence-electron chi connectivity index (χ3n) is 7.16. The number of carboxylic acids is 1. The van der Waals surface area contributed by atoms with Gasteiger partial charge in [0.1, 0.15) is 11.5 Å². The molecule has 0 aliphatic carbocycles. The van der Waals surface area contributed by atoms with E-state index in [1.165, 1.54) is 0 Å². The molecule has 1 fully saturated rings. The first-order valence-electron chi connectivity index (χ1n) is 12.9. The summed E-state index contributed by atoms with van der Waals surface area (Å²) < 4.78 is 10.9. The van der Waals surface area contributed by atoms with E-state index >= 15 is 0 Å². The molecule has 1 saturated heterocycles. The predicted molar refractivity (Wildman–Crippen MR) is 147 cm³/mol. The van der Waals surface area contributed by atoms with Gasteiger partial charge in [0.2, 0.25) is 0 Å². The summed E-state index contributed by atoms with van der Waals surface area (Å²) in [4.78, 5) is 28.0. The lowest BCUT2D eigenvalue weighted by atomic mass is 9.92. The number of ketones is 1. The van der Waals surface area contributed by atoms with E-state index in [4.69, 9.17) is 14.6 Å². The molecule has 0 saturated carbocycles. The van der Waals surface area contributed by atoms with Crippen molar-refractivity contribution in [2.75, 3.05) is 26.8 Å². The summed E-state index contributed by atoms with van der Waals surface area (Å²) in [6.45, 7) is 8.16. The normalized spacial score (nSPS) is 19.1. The Balaban J connectivity index is 1.59. The summed E-state index contributed by atoms with van der Waals surface area (Å²) in [6, 6.07) is 24.2. The van der Waals surface area contributed by atoms with Crippen molar-refractivity contribution in [2.24, 2.45) is 0 Å². The van der Waals surface area contributed by atoms with Crippen molar-refractivity contribution >= 4 is 11.8 Å². The average Bonchev–Trinajstić information content (AvgIpc) is 2.91. The third kappa shape index (κ3) is 6.60. The van der Waals surface area contributed by atoms with Crippen LogP contribution in [0.4, 0.5) is 0 Å². The maximum Gasteiger partial charge on any atom is 0.341 e. The average molecular weight is 517 g/mol. The number of rotatable bonds is 10. The number of Topliss-reactive ketones (excluding diaryl/α,β-unsaturated/α-hetero) is 1. The SMILES string of the molecule is COc1cccc([C@@H](c2cccc(C(C)=O)c2)N2C[C@@H](C)N(Cc3cccc(OCC(=O)O)c3)C[C@@H]2C)c1. The first kappa shape index (κ1) is 27.4. The van der Waals surface area contributed by atoms with E-state index in [9.17, 15) is 9.59 Å². The van der Waals surface area contributed by atoms with Gasteiger partial charge in [0, 0.05) is 37.3 Å². The molecule has 0 bridgehead atoms. The second-order valence-electron chi connectivity index (χ2n) is 10.0. The molecule has 38 heavy (non-hydrogen) atoms. The molecule has 4 rings (SSSR count). The van der Waals surface area contributed by atoms with Gasteiger partial charge in [-0.3, -0.25) is 14.6 Å². The summed E-state index contributed by atoms with van der Waals surface area (Å²) in [5, 5.41) is 8.91. The number of piperazine rings is 1. The Morgan fingerprint density at radius 1 is 0.921 bits per heavy atom. The zero-order valence-corrected chi connectivity index (χ0v) is 22.5. The largest absolute Gasteiger partial charge is 0.497 e. The van der Waals surface area contributed by atoms with Gasteiger partial charge in [-0.2, -0.15) is 0 Å². The molecule has 1 aliphatic rings. The van der Waals surface area contributed by atoms with E-state index in [1.807, 2.05) is 48.5 Å². The van der Waals surface area contributed by atoms with Crippen LogP contribution in [0, 0.1) is 0 Å². The maximum atomic E-state index is 12.2. The Kier molecular flexibility index (Phi) is 8.81. The van der Waals surface area contributed by atoms with Crippen LogP contribution in [0.5, 0.6) is 11.5 Å². The van der Waals surface area contributed by atoms with Crippen LogP contribution in [0.15, 0.2) is 72.8 Å². The van der Waals surface area contributed by atoms with E-state index in [0.717, 1.165) is 42.1 Å². The Labute approximate surface area is 224 Å². The first-order chi connectivity index (χ1) is 18.2. The minimum absolute atomic E-state index is 0.0308. The summed E-state index contributed by atoms with van der Waals surface area (Å²) in [7, 11) is 1.68. The minimum atomic E-state index is -0.992. The highest BCUT2D eigenvalue weighted by atomic mass is 16.5. The van der Waals surface area contributed by atoms with Gasteiger partial charge in [-0.05, 0) is 67.8 Å². The second kappa shape index (κ2) is 12.2. The molecular formula is C31H36N2O5. The lowest BCUT2D eigenvalue weighted by molar-refractivity contribution is -0.139. The molecule has 0 radical (unpaired) electrons. The molecule has 7 heteroatoms. The summed E-state index contributed by atoms with van der Waals surface area (Å²) in [5.41, 5.74) is 4.00. The van der Waals surface area contributed by atoms with Crippen LogP contribution in [0.1, 0.15) is 53.9 Å². The number of aliphatic carboxylic acids is 1. The summed E-state index contributed by atoms with van der Waals surface area (Å²) in [6.07, 6.45) is 0. The molecule has 3 aromatic carbocycles. The van der Waals surface area contributed by atoms with Gasteiger partial charge in [0.25, 0.3) is 0 Å². The molecule has 0 amide bonds. The number of benzene rings is 3. The lowest BCUT2D eigenvalue weighted by Gasteiger charge is -2.47. The molecule has 200 valence electrons. The van der Waals surface area contributed by atoms with E-state index in [1.54, 1.807) is 20.1 Å². The van der Waals surface area contributed by atoms with E-state index in [2.05, 4.69) is 41.8 Å². The Bertz CT molecular complexity index is 1280. The number of hydrogen-bond donors (Lipinski definition) is 1.